The van der Waals surface area contributed by atoms with Gasteiger partial charge in [-0.3, -0.25) is 4.79 Å². The van der Waals surface area contributed by atoms with Gasteiger partial charge in [0, 0.05) is 6.54 Å². The van der Waals surface area contributed by atoms with Gasteiger partial charge in [-0.05, 0) is 48.2 Å². The Bertz CT molecular complexity index is 635. The highest BCUT2D eigenvalue weighted by Crippen LogP contribution is 2.16. The highest BCUT2D eigenvalue weighted by molar-refractivity contribution is 5.81. The molecule has 4 nitrogen and oxygen atoms in total. The van der Waals surface area contributed by atoms with Gasteiger partial charge in [-0.1, -0.05) is 38.1 Å². The lowest BCUT2D eigenvalue weighted by Crippen LogP contribution is -2.37. The average Bonchev–Trinajstić information content (AvgIpc) is 2.65. The van der Waals surface area contributed by atoms with Gasteiger partial charge in [0.2, 0.25) is 0 Å². The second-order valence-corrected chi connectivity index (χ2v) is 5.58. The lowest BCUT2D eigenvalue weighted by Gasteiger charge is -2.17. The topological polar surface area (TPSA) is 47.6 Å². The van der Waals surface area contributed by atoms with Crippen LogP contribution in [0.3, 0.4) is 0 Å². The third kappa shape index (κ3) is 5.01. The molecule has 24 heavy (non-hydrogen) atoms. The van der Waals surface area contributed by atoms with Crippen LogP contribution >= 0.6 is 0 Å². The van der Waals surface area contributed by atoms with Crippen LogP contribution in [0.5, 0.6) is 11.5 Å². The molecule has 0 radical (unpaired) electrons. The number of carbonyl (C=O) groups is 1. The lowest BCUT2D eigenvalue weighted by molar-refractivity contribution is -0.128. The summed E-state index contributed by atoms with van der Waals surface area (Å²) in [7, 11) is 1.63. The smallest absolute Gasteiger partial charge is 0.261 e. The Morgan fingerprint density at radius 2 is 1.54 bits per heavy atom. The van der Waals surface area contributed by atoms with Gasteiger partial charge in [0.1, 0.15) is 11.5 Å². The van der Waals surface area contributed by atoms with Gasteiger partial charge in [-0.25, -0.2) is 0 Å². The molecule has 0 aromatic heterocycles. The molecular weight excluding hydrogens is 302 g/mol. The molecule has 128 valence electrons. The quantitative estimate of drug-likeness (QED) is 0.803. The van der Waals surface area contributed by atoms with Crippen LogP contribution in [0.15, 0.2) is 48.5 Å². The normalized spacial score (nSPS) is 11.6. The summed E-state index contributed by atoms with van der Waals surface area (Å²) in [6.45, 7) is 4.52. The molecule has 2 rings (SSSR count). The molecule has 2 aromatic carbocycles. The number of rotatable bonds is 8. The summed E-state index contributed by atoms with van der Waals surface area (Å²) in [5.41, 5.74) is 2.27. The van der Waals surface area contributed by atoms with Gasteiger partial charge < -0.3 is 14.8 Å². The molecule has 0 bridgehead atoms. The van der Waals surface area contributed by atoms with E-state index in [-0.39, 0.29) is 5.91 Å². The van der Waals surface area contributed by atoms with Gasteiger partial charge in [-0.2, -0.15) is 0 Å². The van der Waals surface area contributed by atoms with Gasteiger partial charge in [0.15, 0.2) is 6.10 Å². The first-order valence-corrected chi connectivity index (χ1v) is 8.32. The van der Waals surface area contributed by atoms with Gasteiger partial charge >= 0.3 is 0 Å². The zero-order chi connectivity index (χ0) is 17.4. The summed E-state index contributed by atoms with van der Waals surface area (Å²) < 4.78 is 10.9. The number of hydrogen-bond donors (Lipinski definition) is 1. The van der Waals surface area contributed by atoms with Crippen LogP contribution in [0.4, 0.5) is 0 Å². The average molecular weight is 327 g/mol. The first-order chi connectivity index (χ1) is 11.7. The largest absolute Gasteiger partial charge is 0.497 e. The minimum Gasteiger partial charge on any atom is -0.497 e. The molecular formula is C20H25NO3. The predicted molar refractivity (Wildman–Crippen MR) is 95.4 cm³/mol. The van der Waals surface area contributed by atoms with Crippen LogP contribution in [0.25, 0.3) is 0 Å². The molecule has 1 N–H and O–H groups in total. The summed E-state index contributed by atoms with van der Waals surface area (Å²) in [5, 5.41) is 2.93. The molecule has 1 atom stereocenters. The van der Waals surface area contributed by atoms with Gasteiger partial charge in [0.05, 0.1) is 7.11 Å². The molecule has 4 heteroatoms. The van der Waals surface area contributed by atoms with Crippen LogP contribution in [0.2, 0.25) is 0 Å². The molecule has 0 aliphatic carbocycles. The standard InChI is InChI=1S/C20H25NO3/c1-4-15-6-12-18(13-7-15)24-19(5-2)20(22)21-14-16-8-10-17(23-3)11-9-16/h6-13,19H,4-5,14H2,1-3H3,(H,21,22)/t19-/m0/s1. The van der Waals surface area contributed by atoms with Crippen LogP contribution in [-0.4, -0.2) is 19.1 Å². The third-order valence-corrected chi connectivity index (χ3v) is 3.90. The second kappa shape index (κ2) is 8.96. The fourth-order valence-corrected chi connectivity index (χ4v) is 2.34. The first-order valence-electron chi connectivity index (χ1n) is 8.32. The number of aryl methyl sites for hydroxylation is 1. The van der Waals surface area contributed by atoms with Crippen molar-refractivity contribution < 1.29 is 14.3 Å². The summed E-state index contributed by atoms with van der Waals surface area (Å²) in [6, 6.07) is 15.5. The molecule has 0 spiro atoms. The molecule has 0 aliphatic heterocycles. The fraction of sp³-hybridized carbons (Fsp3) is 0.350. The monoisotopic (exact) mass is 327 g/mol. The minimum absolute atomic E-state index is 0.104. The number of ether oxygens (including phenoxy) is 2. The van der Waals surface area contributed by atoms with Gasteiger partial charge in [-0.15, -0.1) is 0 Å². The van der Waals surface area contributed by atoms with Crippen molar-refractivity contribution in [3.8, 4) is 11.5 Å². The summed E-state index contributed by atoms with van der Waals surface area (Å²) in [5.74, 6) is 1.42. The van der Waals surface area contributed by atoms with E-state index >= 15 is 0 Å². The maximum absolute atomic E-state index is 12.3. The zero-order valence-corrected chi connectivity index (χ0v) is 14.5. The number of carbonyl (C=O) groups excluding carboxylic acids is 1. The van der Waals surface area contributed by atoms with Crippen molar-refractivity contribution in [1.29, 1.82) is 0 Å². The number of hydrogen-bond acceptors (Lipinski definition) is 3. The lowest BCUT2D eigenvalue weighted by atomic mass is 10.1. The van der Waals surface area contributed by atoms with Crippen LogP contribution in [-0.2, 0) is 17.8 Å². The Morgan fingerprint density at radius 1 is 0.958 bits per heavy atom. The van der Waals surface area contributed by atoms with Crippen LogP contribution < -0.4 is 14.8 Å². The van der Waals surface area contributed by atoms with Crippen molar-refractivity contribution in [3.63, 3.8) is 0 Å². The first kappa shape index (κ1) is 17.9. The molecule has 0 unspecified atom stereocenters. The number of nitrogens with one attached hydrogen (secondary N) is 1. The maximum atomic E-state index is 12.3. The van der Waals surface area contributed by atoms with E-state index < -0.39 is 6.10 Å². The molecule has 0 fully saturated rings. The van der Waals surface area contributed by atoms with Crippen molar-refractivity contribution in [3.05, 3.63) is 59.7 Å². The molecule has 0 aliphatic rings. The molecule has 0 heterocycles. The van der Waals surface area contributed by atoms with Crippen molar-refractivity contribution >= 4 is 5.91 Å². The summed E-state index contributed by atoms with van der Waals surface area (Å²) in [6.07, 6.45) is 1.11. The molecule has 0 saturated carbocycles. The Morgan fingerprint density at radius 3 is 2.08 bits per heavy atom. The van der Waals surface area contributed by atoms with E-state index in [2.05, 4.69) is 12.2 Å². The Balaban J connectivity index is 1.89. The number of amides is 1. The fourth-order valence-electron chi connectivity index (χ4n) is 2.34. The highest BCUT2D eigenvalue weighted by Gasteiger charge is 2.18. The molecule has 0 saturated heterocycles. The third-order valence-electron chi connectivity index (χ3n) is 3.90. The van der Waals surface area contributed by atoms with Crippen molar-refractivity contribution in [2.24, 2.45) is 0 Å². The SMILES string of the molecule is CCc1ccc(O[C@@H](CC)C(=O)NCc2ccc(OC)cc2)cc1. The van der Waals surface area contributed by atoms with Gasteiger partial charge in [0.25, 0.3) is 5.91 Å². The highest BCUT2D eigenvalue weighted by atomic mass is 16.5. The van der Waals surface area contributed by atoms with Crippen molar-refractivity contribution in [2.75, 3.05) is 7.11 Å². The number of methoxy groups -OCH3 is 1. The maximum Gasteiger partial charge on any atom is 0.261 e. The Kier molecular flexibility index (Phi) is 6.67. The van der Waals surface area contributed by atoms with E-state index in [1.807, 2.05) is 55.5 Å². The molecule has 2 aromatic rings. The van der Waals surface area contributed by atoms with E-state index in [0.29, 0.717) is 13.0 Å². The second-order valence-electron chi connectivity index (χ2n) is 5.58. The van der Waals surface area contributed by atoms with E-state index in [0.717, 1.165) is 23.5 Å². The zero-order valence-electron chi connectivity index (χ0n) is 14.5. The van der Waals surface area contributed by atoms with Crippen molar-refractivity contribution in [1.82, 2.24) is 5.32 Å². The summed E-state index contributed by atoms with van der Waals surface area (Å²) >= 11 is 0. The van der Waals surface area contributed by atoms with E-state index in [1.165, 1.54) is 5.56 Å². The van der Waals surface area contributed by atoms with Crippen LogP contribution in [0.1, 0.15) is 31.4 Å². The van der Waals surface area contributed by atoms with Crippen LogP contribution in [0, 0.1) is 0 Å². The predicted octanol–water partition coefficient (Wildman–Crippen LogP) is 3.73. The minimum atomic E-state index is -0.490. The summed E-state index contributed by atoms with van der Waals surface area (Å²) in [4.78, 5) is 12.3. The Hall–Kier alpha value is -2.49. The Labute approximate surface area is 143 Å². The van der Waals surface area contributed by atoms with E-state index in [9.17, 15) is 4.79 Å². The number of benzene rings is 2. The van der Waals surface area contributed by atoms with E-state index in [4.69, 9.17) is 9.47 Å². The van der Waals surface area contributed by atoms with Crippen molar-refractivity contribution in [2.45, 2.75) is 39.3 Å². The van der Waals surface area contributed by atoms with E-state index in [1.54, 1.807) is 7.11 Å². The molecule has 1 amide bonds.